The van der Waals surface area contributed by atoms with E-state index in [-0.39, 0.29) is 11.9 Å². The molecule has 212 valence electrons. The van der Waals surface area contributed by atoms with Gasteiger partial charge in [-0.15, -0.1) is 0 Å². The van der Waals surface area contributed by atoms with Crippen molar-refractivity contribution in [2.24, 2.45) is 11.7 Å². The zero-order valence-electron chi connectivity index (χ0n) is 23.3. The zero-order chi connectivity index (χ0) is 28.5. The van der Waals surface area contributed by atoms with Gasteiger partial charge in [-0.3, -0.25) is 9.89 Å². The number of aromatic nitrogens is 6. The highest BCUT2D eigenvalue weighted by molar-refractivity contribution is 6.34. The van der Waals surface area contributed by atoms with Crippen molar-refractivity contribution in [3.63, 3.8) is 0 Å². The lowest BCUT2D eigenvalue weighted by molar-refractivity contribution is 0.0708. The molecule has 6 aromatic rings. The smallest absolute Gasteiger partial charge is 0.255 e. The molecule has 1 aliphatic carbocycles. The summed E-state index contributed by atoms with van der Waals surface area (Å²) >= 11 is 6.83. The van der Waals surface area contributed by atoms with Crippen molar-refractivity contribution in [2.45, 2.75) is 45.2 Å². The Morgan fingerprint density at radius 3 is 2.83 bits per heavy atom. The van der Waals surface area contributed by atoms with Crippen LogP contribution in [0.15, 0.2) is 54.9 Å². The molecule has 0 spiro atoms. The van der Waals surface area contributed by atoms with Gasteiger partial charge >= 0.3 is 0 Å². The lowest BCUT2D eigenvalue weighted by atomic mass is 10.1. The van der Waals surface area contributed by atoms with Crippen LogP contribution in [0.3, 0.4) is 0 Å². The van der Waals surface area contributed by atoms with Gasteiger partial charge in [0.25, 0.3) is 5.91 Å². The first-order valence-electron chi connectivity index (χ1n) is 14.6. The van der Waals surface area contributed by atoms with Gasteiger partial charge in [0, 0.05) is 53.8 Å². The molecule has 5 aromatic heterocycles. The van der Waals surface area contributed by atoms with E-state index in [1.807, 2.05) is 24.1 Å². The predicted octanol–water partition coefficient (Wildman–Crippen LogP) is 5.83. The number of piperidine rings is 1. The maximum absolute atomic E-state index is 13.4. The number of fused-ring (bicyclic) bond motifs is 3. The standard InChI is InChI=1S/C32H31ClN8O/c1-18-29(38-41-16-23(12-25(33)30(18)41)32(42)39-10-2-3-24(34)17-39)28-13-21-7-8-26(36-31(21)40(28)15-19-4-5-19)20-6-9-27-22(11-20)14-35-37-27/h6-9,11-14,16,19,24H,2-5,10,15,17,34H2,1H3,(H,35,37). The van der Waals surface area contributed by atoms with Gasteiger partial charge in [-0.2, -0.15) is 10.2 Å². The average Bonchev–Trinajstić information content (AvgIpc) is 3.41. The van der Waals surface area contributed by atoms with Gasteiger partial charge in [-0.1, -0.05) is 17.7 Å². The number of benzene rings is 1. The Morgan fingerprint density at radius 2 is 2.00 bits per heavy atom. The Morgan fingerprint density at radius 1 is 1.12 bits per heavy atom. The average molecular weight is 579 g/mol. The number of aryl methyl sites for hydroxylation is 1. The van der Waals surface area contributed by atoms with Crippen molar-refractivity contribution < 1.29 is 4.79 Å². The summed E-state index contributed by atoms with van der Waals surface area (Å²) in [6.45, 7) is 4.20. The number of nitrogens with one attached hydrogen (secondary N) is 1. The second-order valence-corrected chi connectivity index (χ2v) is 12.3. The molecule has 6 heterocycles. The number of nitrogens with two attached hydrogens (primary N) is 1. The van der Waals surface area contributed by atoms with E-state index in [1.54, 1.807) is 16.8 Å². The molecule has 1 saturated heterocycles. The van der Waals surface area contributed by atoms with E-state index < -0.39 is 0 Å². The van der Waals surface area contributed by atoms with E-state index in [1.165, 1.54) is 12.8 Å². The first kappa shape index (κ1) is 25.5. The minimum atomic E-state index is -0.0585. The van der Waals surface area contributed by atoms with Gasteiger partial charge in [0.05, 0.1) is 39.2 Å². The number of nitrogens with zero attached hydrogens (tertiary/aromatic N) is 6. The molecule has 0 radical (unpaired) electrons. The van der Waals surface area contributed by atoms with Gasteiger partial charge < -0.3 is 15.2 Å². The third kappa shape index (κ3) is 4.26. The lowest BCUT2D eigenvalue weighted by Gasteiger charge is -2.30. The quantitative estimate of drug-likeness (QED) is 0.267. The van der Waals surface area contributed by atoms with Crippen molar-refractivity contribution >= 4 is 45.0 Å². The van der Waals surface area contributed by atoms with E-state index in [0.717, 1.165) is 75.0 Å². The van der Waals surface area contributed by atoms with Gasteiger partial charge in [0.2, 0.25) is 0 Å². The van der Waals surface area contributed by atoms with Crippen LogP contribution in [0.5, 0.6) is 0 Å². The van der Waals surface area contributed by atoms with Crippen LogP contribution < -0.4 is 5.73 Å². The van der Waals surface area contributed by atoms with Crippen molar-refractivity contribution in [3.8, 4) is 22.6 Å². The fourth-order valence-electron chi connectivity index (χ4n) is 6.34. The summed E-state index contributed by atoms with van der Waals surface area (Å²) in [6, 6.07) is 14.4. The van der Waals surface area contributed by atoms with E-state index in [2.05, 4.69) is 45.1 Å². The monoisotopic (exact) mass is 578 g/mol. The molecule has 1 aromatic carbocycles. The van der Waals surface area contributed by atoms with Crippen LogP contribution in [0.25, 0.3) is 50.1 Å². The zero-order valence-corrected chi connectivity index (χ0v) is 24.1. The number of amides is 1. The normalized spacial score (nSPS) is 17.6. The molecule has 42 heavy (non-hydrogen) atoms. The van der Waals surface area contributed by atoms with Crippen LogP contribution in [0.2, 0.25) is 5.02 Å². The largest absolute Gasteiger partial charge is 0.337 e. The van der Waals surface area contributed by atoms with E-state index in [9.17, 15) is 4.79 Å². The van der Waals surface area contributed by atoms with Gasteiger partial charge in [0.1, 0.15) is 11.3 Å². The Hall–Kier alpha value is -4.21. The predicted molar refractivity (Wildman–Crippen MR) is 165 cm³/mol. The Balaban J connectivity index is 1.23. The second-order valence-electron chi connectivity index (χ2n) is 11.9. The highest BCUT2D eigenvalue weighted by atomic mass is 35.5. The number of H-pyrrole nitrogens is 1. The number of carbonyl (C=O) groups is 1. The first-order valence-corrected chi connectivity index (χ1v) is 15.0. The molecule has 1 atom stereocenters. The summed E-state index contributed by atoms with van der Waals surface area (Å²) in [6.07, 6.45) is 7.93. The molecular weight excluding hydrogens is 548 g/mol. The van der Waals surface area contributed by atoms with Crippen LogP contribution in [-0.4, -0.2) is 59.3 Å². The summed E-state index contributed by atoms with van der Waals surface area (Å²) in [4.78, 5) is 20.4. The van der Waals surface area contributed by atoms with Crippen molar-refractivity contribution in [1.82, 2.24) is 34.3 Å². The van der Waals surface area contributed by atoms with Gasteiger partial charge in [-0.05, 0) is 74.9 Å². The Bertz CT molecular complexity index is 2020. The third-order valence-electron chi connectivity index (χ3n) is 8.77. The maximum Gasteiger partial charge on any atom is 0.255 e. The minimum Gasteiger partial charge on any atom is -0.337 e. The summed E-state index contributed by atoms with van der Waals surface area (Å²) < 4.78 is 4.08. The fourth-order valence-corrected chi connectivity index (χ4v) is 6.69. The summed E-state index contributed by atoms with van der Waals surface area (Å²) in [5.41, 5.74) is 14.2. The number of hydrogen-bond acceptors (Lipinski definition) is 5. The summed E-state index contributed by atoms with van der Waals surface area (Å²) in [5, 5.41) is 14.8. The molecule has 1 aliphatic heterocycles. The topological polar surface area (TPSA) is 110 Å². The van der Waals surface area contributed by atoms with Crippen molar-refractivity contribution in [3.05, 3.63) is 71.0 Å². The Kier molecular flexibility index (Phi) is 5.87. The summed E-state index contributed by atoms with van der Waals surface area (Å²) in [5.74, 6) is 0.574. The number of aromatic amines is 1. The molecule has 2 aliphatic rings. The number of carbonyl (C=O) groups excluding carboxylic acids is 1. The van der Waals surface area contributed by atoms with Crippen LogP contribution in [-0.2, 0) is 6.54 Å². The fraction of sp³-hybridized carbons (Fsp3) is 0.312. The molecule has 2 fully saturated rings. The highest BCUT2D eigenvalue weighted by Crippen LogP contribution is 2.38. The number of hydrogen-bond donors (Lipinski definition) is 2. The number of likely N-dealkylation sites (tertiary alicyclic amines) is 1. The number of rotatable bonds is 5. The van der Waals surface area contributed by atoms with E-state index in [0.29, 0.717) is 29.6 Å². The van der Waals surface area contributed by atoms with Gasteiger partial charge in [0.15, 0.2) is 0 Å². The van der Waals surface area contributed by atoms with E-state index >= 15 is 0 Å². The van der Waals surface area contributed by atoms with Crippen LogP contribution in [0, 0.1) is 12.8 Å². The van der Waals surface area contributed by atoms with Gasteiger partial charge in [-0.25, -0.2) is 9.50 Å². The molecule has 10 heteroatoms. The van der Waals surface area contributed by atoms with Crippen LogP contribution >= 0.6 is 11.6 Å². The van der Waals surface area contributed by atoms with Crippen LogP contribution in [0.1, 0.15) is 41.6 Å². The summed E-state index contributed by atoms with van der Waals surface area (Å²) in [7, 11) is 0. The highest BCUT2D eigenvalue weighted by Gasteiger charge is 2.28. The van der Waals surface area contributed by atoms with Crippen LogP contribution in [0.4, 0.5) is 0 Å². The molecule has 1 saturated carbocycles. The third-order valence-corrected chi connectivity index (χ3v) is 9.06. The maximum atomic E-state index is 13.4. The minimum absolute atomic E-state index is 0.0107. The SMILES string of the molecule is Cc1c(-c2cc3ccc(-c4ccc5[nH]ncc5c4)nc3n2CC2CC2)nn2cc(C(=O)N3CCCC(N)C3)cc(Cl)c12. The molecule has 8 rings (SSSR count). The molecule has 1 amide bonds. The lowest BCUT2D eigenvalue weighted by Crippen LogP contribution is -2.45. The molecule has 9 nitrogen and oxygen atoms in total. The van der Waals surface area contributed by atoms with Crippen molar-refractivity contribution in [2.75, 3.05) is 13.1 Å². The molecule has 0 bridgehead atoms. The molecule has 1 unspecified atom stereocenters. The number of pyridine rings is 2. The Labute approximate surface area is 247 Å². The second kappa shape index (κ2) is 9.68. The molecular formula is C32H31ClN8O. The van der Waals surface area contributed by atoms with Crippen molar-refractivity contribution in [1.29, 1.82) is 0 Å². The molecule has 3 N–H and O–H groups in total. The number of halogens is 1. The first-order chi connectivity index (χ1) is 20.4. The van der Waals surface area contributed by atoms with E-state index in [4.69, 9.17) is 27.4 Å².